The predicted octanol–water partition coefficient (Wildman–Crippen LogP) is 6.30. The topological polar surface area (TPSA) is 79.1 Å². The highest BCUT2D eigenvalue weighted by Crippen LogP contribution is 2.36. The summed E-state index contributed by atoms with van der Waals surface area (Å²) in [5.74, 6) is 0.577. The maximum absolute atomic E-state index is 13.9. The molecule has 0 bridgehead atoms. The van der Waals surface area contributed by atoms with Crippen LogP contribution < -0.4 is 24.4 Å². The van der Waals surface area contributed by atoms with Crippen molar-refractivity contribution < 1.29 is 19.0 Å². The fourth-order valence-corrected chi connectivity index (χ4v) is 6.96. The van der Waals surface area contributed by atoms with Crippen LogP contribution in [-0.2, 0) is 16.1 Å². The van der Waals surface area contributed by atoms with Gasteiger partial charge in [0.1, 0.15) is 12.6 Å². The minimum Gasteiger partial charge on any atom is -0.493 e. The van der Waals surface area contributed by atoms with Crippen molar-refractivity contribution in [2.24, 2.45) is 4.99 Å². The van der Waals surface area contributed by atoms with E-state index in [2.05, 4.69) is 27.6 Å². The summed E-state index contributed by atoms with van der Waals surface area (Å²) in [7, 11) is 1.57. The van der Waals surface area contributed by atoms with Gasteiger partial charge in [0.05, 0.1) is 33.1 Å². The van der Waals surface area contributed by atoms with Crippen LogP contribution in [0.2, 0.25) is 10.0 Å². The molecule has 216 valence electrons. The molecule has 1 aromatic heterocycles. The van der Waals surface area contributed by atoms with E-state index in [0.717, 1.165) is 14.7 Å². The van der Waals surface area contributed by atoms with Gasteiger partial charge in [-0.25, -0.2) is 9.79 Å². The summed E-state index contributed by atoms with van der Waals surface area (Å²) < 4.78 is 19.9. The monoisotopic (exact) mass is 734 g/mol. The van der Waals surface area contributed by atoms with Crippen molar-refractivity contribution in [3.8, 4) is 11.5 Å². The number of thiazole rings is 1. The zero-order valence-corrected chi connectivity index (χ0v) is 27.3. The molecule has 0 radical (unpaired) electrons. The van der Waals surface area contributed by atoms with E-state index in [1.165, 1.54) is 15.9 Å². The number of methoxy groups -OCH3 is 1. The average molecular weight is 735 g/mol. The van der Waals surface area contributed by atoms with E-state index >= 15 is 0 Å². The zero-order valence-electron chi connectivity index (χ0n) is 22.8. The molecular weight excluding hydrogens is 710 g/mol. The van der Waals surface area contributed by atoms with E-state index in [-0.39, 0.29) is 17.7 Å². The lowest BCUT2D eigenvalue weighted by Crippen LogP contribution is -2.40. The van der Waals surface area contributed by atoms with Crippen molar-refractivity contribution in [3.63, 3.8) is 0 Å². The summed E-state index contributed by atoms with van der Waals surface area (Å²) in [5, 5.41) is 1.07. The Bertz CT molecular complexity index is 1900. The van der Waals surface area contributed by atoms with E-state index in [1.54, 1.807) is 45.2 Å². The molecule has 7 nitrogen and oxygen atoms in total. The SMILES string of the molecule is CCOC(=O)C1=C(C)N=c2s/c(=C\c3cc(I)c(OCc4cccc(Cl)c4)c(OC)c3)c(=O)n2[C@@H]1c1ccccc1Cl. The van der Waals surface area contributed by atoms with Gasteiger partial charge in [-0.05, 0) is 89.5 Å². The van der Waals surface area contributed by atoms with E-state index in [9.17, 15) is 9.59 Å². The molecule has 0 saturated heterocycles. The fraction of sp³-hybridized carbons (Fsp3) is 0.194. The van der Waals surface area contributed by atoms with Crippen LogP contribution in [-0.4, -0.2) is 24.3 Å². The van der Waals surface area contributed by atoms with Gasteiger partial charge in [0, 0.05) is 10.0 Å². The molecule has 5 rings (SSSR count). The lowest BCUT2D eigenvalue weighted by Gasteiger charge is -2.25. The minimum atomic E-state index is -0.784. The summed E-state index contributed by atoms with van der Waals surface area (Å²) in [5.41, 5.74) is 2.74. The summed E-state index contributed by atoms with van der Waals surface area (Å²) in [6.07, 6.45) is 1.78. The van der Waals surface area contributed by atoms with Gasteiger partial charge < -0.3 is 14.2 Å². The summed E-state index contributed by atoms with van der Waals surface area (Å²) >= 11 is 16.1. The quantitative estimate of drug-likeness (QED) is 0.157. The van der Waals surface area contributed by atoms with E-state index < -0.39 is 12.0 Å². The van der Waals surface area contributed by atoms with Crippen molar-refractivity contribution in [1.29, 1.82) is 0 Å². The second kappa shape index (κ2) is 13.0. The molecule has 0 N–H and O–H groups in total. The van der Waals surface area contributed by atoms with E-state index in [4.69, 9.17) is 37.4 Å². The average Bonchev–Trinajstić information content (AvgIpc) is 3.25. The third kappa shape index (κ3) is 6.15. The third-order valence-electron chi connectivity index (χ3n) is 6.54. The molecule has 0 unspecified atom stereocenters. The second-order valence-corrected chi connectivity index (χ2v) is 12.3. The van der Waals surface area contributed by atoms with Gasteiger partial charge in [-0.3, -0.25) is 9.36 Å². The van der Waals surface area contributed by atoms with Gasteiger partial charge in [0.15, 0.2) is 16.3 Å². The number of hydrogen-bond donors (Lipinski definition) is 0. The maximum Gasteiger partial charge on any atom is 0.338 e. The lowest BCUT2D eigenvalue weighted by molar-refractivity contribution is -0.139. The smallest absolute Gasteiger partial charge is 0.338 e. The van der Waals surface area contributed by atoms with Gasteiger partial charge in [0.25, 0.3) is 5.56 Å². The Balaban J connectivity index is 1.58. The van der Waals surface area contributed by atoms with Crippen LogP contribution in [0.25, 0.3) is 6.08 Å². The van der Waals surface area contributed by atoms with Crippen molar-refractivity contribution in [2.45, 2.75) is 26.5 Å². The Morgan fingerprint density at radius 3 is 2.64 bits per heavy atom. The van der Waals surface area contributed by atoms with Crippen LogP contribution in [0.1, 0.15) is 36.6 Å². The van der Waals surface area contributed by atoms with Gasteiger partial charge in [0.2, 0.25) is 0 Å². The first-order valence-corrected chi connectivity index (χ1v) is 15.6. The molecule has 0 aliphatic carbocycles. The highest BCUT2D eigenvalue weighted by atomic mass is 127. The lowest BCUT2D eigenvalue weighted by atomic mass is 9.96. The van der Waals surface area contributed by atoms with Crippen LogP contribution in [0.3, 0.4) is 0 Å². The number of carbonyl (C=O) groups excluding carboxylic acids is 1. The largest absolute Gasteiger partial charge is 0.493 e. The Kier molecular flexibility index (Phi) is 9.41. The fourth-order valence-electron chi connectivity index (χ4n) is 4.68. The number of halogens is 3. The zero-order chi connectivity index (χ0) is 30.0. The molecule has 1 atom stereocenters. The minimum absolute atomic E-state index is 0.189. The highest BCUT2D eigenvalue weighted by molar-refractivity contribution is 14.1. The number of ether oxygens (including phenoxy) is 3. The molecule has 11 heteroatoms. The van der Waals surface area contributed by atoms with Gasteiger partial charge in [-0.2, -0.15) is 0 Å². The first-order valence-electron chi connectivity index (χ1n) is 12.9. The molecule has 0 saturated carbocycles. The molecule has 1 aliphatic heterocycles. The molecule has 0 fully saturated rings. The maximum atomic E-state index is 13.9. The number of carbonyl (C=O) groups is 1. The molecule has 1 aliphatic rings. The van der Waals surface area contributed by atoms with Crippen LogP contribution >= 0.6 is 57.1 Å². The molecular formula is C31H25Cl2IN2O5S. The van der Waals surface area contributed by atoms with Gasteiger partial charge in [-0.15, -0.1) is 0 Å². The number of hydrogen-bond acceptors (Lipinski definition) is 7. The number of aromatic nitrogens is 1. The molecule has 3 aromatic carbocycles. The normalized spacial score (nSPS) is 14.8. The number of esters is 1. The molecule has 0 amide bonds. The van der Waals surface area contributed by atoms with Crippen molar-refractivity contribution in [1.82, 2.24) is 4.57 Å². The highest BCUT2D eigenvalue weighted by Gasteiger charge is 2.34. The Morgan fingerprint density at radius 2 is 1.93 bits per heavy atom. The van der Waals surface area contributed by atoms with Crippen LogP contribution in [0.5, 0.6) is 11.5 Å². The van der Waals surface area contributed by atoms with Crippen LogP contribution in [0.15, 0.2) is 81.7 Å². The van der Waals surface area contributed by atoms with Crippen molar-refractivity contribution in [3.05, 3.63) is 122 Å². The number of rotatable bonds is 8. The summed E-state index contributed by atoms with van der Waals surface area (Å²) in [6, 6.07) is 17.6. The first kappa shape index (κ1) is 30.3. The predicted molar refractivity (Wildman–Crippen MR) is 173 cm³/mol. The standard InChI is InChI=1S/C31H25Cl2IN2O5S/c1-4-40-30(38)26-17(2)35-31-36(27(26)21-10-5-6-11-22(21)33)29(37)25(42-31)15-19-13-23(34)28(24(14-19)39-3)41-16-18-8-7-9-20(32)12-18/h5-15,27H,4,16H2,1-3H3/b25-15-/t27-/m1/s1. The van der Waals surface area contributed by atoms with Gasteiger partial charge >= 0.3 is 5.97 Å². The number of benzene rings is 3. The second-order valence-electron chi connectivity index (χ2n) is 9.28. The third-order valence-corrected chi connectivity index (χ3v) is 8.90. The Labute approximate surface area is 269 Å². The van der Waals surface area contributed by atoms with Crippen molar-refractivity contribution >= 4 is 69.2 Å². The van der Waals surface area contributed by atoms with E-state index in [1.807, 2.05) is 42.5 Å². The number of fused-ring (bicyclic) bond motifs is 1. The Morgan fingerprint density at radius 1 is 1.14 bits per heavy atom. The first-order chi connectivity index (χ1) is 20.2. The molecule has 0 spiro atoms. The molecule has 2 heterocycles. The summed E-state index contributed by atoms with van der Waals surface area (Å²) in [6.45, 7) is 3.98. The van der Waals surface area contributed by atoms with Gasteiger partial charge in [-0.1, -0.05) is 64.9 Å². The van der Waals surface area contributed by atoms with Crippen molar-refractivity contribution in [2.75, 3.05) is 13.7 Å². The number of allylic oxidation sites excluding steroid dienone is 1. The summed E-state index contributed by atoms with van der Waals surface area (Å²) in [4.78, 5) is 32.1. The number of nitrogens with zero attached hydrogens (tertiary/aromatic N) is 2. The molecule has 4 aromatic rings. The van der Waals surface area contributed by atoms with E-state index in [0.29, 0.717) is 48.7 Å². The van der Waals surface area contributed by atoms with Crippen LogP contribution in [0.4, 0.5) is 0 Å². The Hall–Kier alpha value is -3.12. The van der Waals surface area contributed by atoms with Crippen LogP contribution in [0, 0.1) is 3.57 Å². The molecule has 42 heavy (non-hydrogen) atoms.